The van der Waals surface area contributed by atoms with E-state index >= 15 is 0 Å². The summed E-state index contributed by atoms with van der Waals surface area (Å²) in [5, 5.41) is 3.15. The number of carbonyl (C=O) groups excluding carboxylic acids is 1. The van der Waals surface area contributed by atoms with Gasteiger partial charge in [-0.25, -0.2) is 14.4 Å². The summed E-state index contributed by atoms with van der Waals surface area (Å²) in [6.07, 6.45) is 2.67. The highest BCUT2D eigenvalue weighted by Crippen LogP contribution is 2.27. The molecular formula is C26H28FN3O2S. The second-order valence-electron chi connectivity index (χ2n) is 6.82. The van der Waals surface area contributed by atoms with Gasteiger partial charge in [0.25, 0.3) is 0 Å². The number of ketones is 1. The van der Waals surface area contributed by atoms with Crippen LogP contribution in [0.1, 0.15) is 36.5 Å². The van der Waals surface area contributed by atoms with Crippen molar-refractivity contribution in [1.29, 1.82) is 0 Å². The number of hydrogen-bond acceptors (Lipinski definition) is 6. The van der Waals surface area contributed by atoms with E-state index in [9.17, 15) is 9.18 Å². The Balaban J connectivity index is 0.000000326. The van der Waals surface area contributed by atoms with Crippen molar-refractivity contribution in [1.82, 2.24) is 9.97 Å². The zero-order valence-electron chi connectivity index (χ0n) is 18.1. The third kappa shape index (κ3) is 7.50. The van der Waals surface area contributed by atoms with Crippen LogP contribution in [-0.2, 0) is 6.42 Å². The summed E-state index contributed by atoms with van der Waals surface area (Å²) in [6, 6.07) is 19.6. The second-order valence-corrected chi connectivity index (χ2v) is 7.90. The molecule has 7 heteroatoms. The molecule has 0 fully saturated rings. The van der Waals surface area contributed by atoms with Gasteiger partial charge in [0, 0.05) is 11.9 Å². The van der Waals surface area contributed by atoms with Crippen LogP contribution in [0.4, 0.5) is 16.0 Å². The van der Waals surface area contributed by atoms with Gasteiger partial charge in [-0.15, -0.1) is 11.3 Å². The predicted octanol–water partition coefficient (Wildman–Crippen LogP) is 7.18. The molecule has 5 nitrogen and oxygen atoms in total. The van der Waals surface area contributed by atoms with Crippen molar-refractivity contribution in [2.24, 2.45) is 0 Å². The van der Waals surface area contributed by atoms with Crippen LogP contribution in [0.3, 0.4) is 0 Å². The van der Waals surface area contributed by atoms with Gasteiger partial charge >= 0.3 is 0 Å². The first-order valence-corrected chi connectivity index (χ1v) is 10.9. The Bertz CT molecular complexity index is 1160. The molecular weight excluding hydrogens is 437 g/mol. The maximum atomic E-state index is 12.2. The molecule has 2 heterocycles. The minimum Gasteiger partial charge on any atom is -0.497 e. The number of ether oxygens (including phenoxy) is 1. The molecule has 0 bridgehead atoms. The summed E-state index contributed by atoms with van der Waals surface area (Å²) in [5.74, 6) is 1.20. The molecule has 0 spiro atoms. The summed E-state index contributed by atoms with van der Waals surface area (Å²) < 4.78 is 17.4. The van der Waals surface area contributed by atoms with Crippen molar-refractivity contribution in [3.63, 3.8) is 0 Å². The normalized spacial score (nSPS) is 9.82. The molecule has 4 aromatic rings. The maximum absolute atomic E-state index is 12.2. The molecule has 0 atom stereocenters. The number of Topliss-reactive ketones (excluding diaryl/α,β-unsaturated/α-hetero) is 1. The number of halogens is 1. The third-order valence-electron chi connectivity index (χ3n) is 4.53. The fourth-order valence-electron chi connectivity index (χ4n) is 2.74. The Morgan fingerprint density at radius 1 is 1.03 bits per heavy atom. The Morgan fingerprint density at radius 2 is 1.73 bits per heavy atom. The van der Waals surface area contributed by atoms with Gasteiger partial charge in [-0.3, -0.25) is 4.79 Å². The number of carbonyl (C=O) groups is 1. The fourth-order valence-corrected chi connectivity index (χ4v) is 3.62. The predicted molar refractivity (Wildman–Crippen MR) is 134 cm³/mol. The standard InChI is InChI=1S/C17H15N3O2S.C8H9F.CH4/c1-11(21)15-7-8-16(23-15)14-9-10-18-17(20-14)19-12-3-5-13(22-2)6-4-12;1-2-7-3-5-8(9)6-4-7;/h3-10H,1-2H3,(H,18,19,20);3-6H,2H2,1H3;1H4. The van der Waals surface area contributed by atoms with E-state index in [1.807, 2.05) is 49.4 Å². The van der Waals surface area contributed by atoms with Crippen LogP contribution in [0.5, 0.6) is 5.75 Å². The van der Waals surface area contributed by atoms with Gasteiger partial charge in [-0.05, 0) is 73.5 Å². The molecule has 1 N–H and O–H groups in total. The lowest BCUT2D eigenvalue weighted by Gasteiger charge is -2.06. The fraction of sp³-hybridized carbons (Fsp3) is 0.192. The Morgan fingerprint density at radius 3 is 2.30 bits per heavy atom. The minimum atomic E-state index is -0.160. The lowest BCUT2D eigenvalue weighted by molar-refractivity contribution is 0.102. The van der Waals surface area contributed by atoms with Crippen LogP contribution in [-0.4, -0.2) is 22.9 Å². The topological polar surface area (TPSA) is 64.1 Å². The zero-order valence-corrected chi connectivity index (χ0v) is 18.9. The molecule has 2 aromatic heterocycles. The minimum absolute atomic E-state index is 0. The molecule has 0 saturated carbocycles. The SMILES string of the molecule is C.CCc1ccc(F)cc1.COc1ccc(Nc2nccc(-c3ccc(C(C)=O)s3)n2)cc1. The molecule has 172 valence electrons. The highest BCUT2D eigenvalue weighted by molar-refractivity contribution is 7.17. The number of rotatable bonds is 6. The molecule has 2 aromatic carbocycles. The number of hydrogen-bond donors (Lipinski definition) is 1. The number of benzene rings is 2. The van der Waals surface area contributed by atoms with Crippen molar-refractivity contribution in [2.45, 2.75) is 27.7 Å². The number of anilines is 2. The van der Waals surface area contributed by atoms with Crippen molar-refractivity contribution in [3.8, 4) is 16.3 Å². The Kier molecular flexibility index (Phi) is 9.69. The summed E-state index contributed by atoms with van der Waals surface area (Å²) in [4.78, 5) is 21.8. The van der Waals surface area contributed by atoms with Crippen molar-refractivity contribution in [3.05, 3.63) is 89.2 Å². The van der Waals surface area contributed by atoms with E-state index in [2.05, 4.69) is 15.3 Å². The van der Waals surface area contributed by atoms with Gasteiger partial charge in [0.05, 0.1) is 22.6 Å². The van der Waals surface area contributed by atoms with Crippen LogP contribution >= 0.6 is 11.3 Å². The quantitative estimate of drug-likeness (QED) is 0.305. The van der Waals surface area contributed by atoms with Gasteiger partial charge < -0.3 is 10.1 Å². The monoisotopic (exact) mass is 465 g/mol. The molecule has 0 radical (unpaired) electrons. The van der Waals surface area contributed by atoms with Crippen molar-refractivity contribution >= 4 is 28.8 Å². The molecule has 33 heavy (non-hydrogen) atoms. The van der Waals surface area contributed by atoms with Crippen LogP contribution in [0, 0.1) is 5.82 Å². The summed E-state index contributed by atoms with van der Waals surface area (Å²) in [6.45, 7) is 3.61. The number of nitrogens with zero attached hydrogens (tertiary/aromatic N) is 2. The number of aryl methyl sites for hydroxylation is 1. The number of thiophene rings is 1. The van der Waals surface area contributed by atoms with E-state index in [-0.39, 0.29) is 19.0 Å². The summed E-state index contributed by atoms with van der Waals surface area (Å²) in [7, 11) is 1.63. The van der Waals surface area contributed by atoms with E-state index in [0.29, 0.717) is 5.95 Å². The lowest BCUT2D eigenvalue weighted by Crippen LogP contribution is -1.97. The van der Waals surface area contributed by atoms with Crippen LogP contribution in [0.25, 0.3) is 10.6 Å². The summed E-state index contributed by atoms with van der Waals surface area (Å²) >= 11 is 1.43. The number of aromatic nitrogens is 2. The van der Waals surface area contributed by atoms with E-state index in [1.165, 1.54) is 29.0 Å². The lowest BCUT2D eigenvalue weighted by atomic mass is 10.2. The van der Waals surface area contributed by atoms with Gasteiger partial charge in [0.2, 0.25) is 5.95 Å². The largest absolute Gasteiger partial charge is 0.497 e. The number of nitrogens with one attached hydrogen (secondary N) is 1. The highest BCUT2D eigenvalue weighted by atomic mass is 32.1. The van der Waals surface area contributed by atoms with Gasteiger partial charge in [-0.2, -0.15) is 0 Å². The summed E-state index contributed by atoms with van der Waals surface area (Å²) in [5.41, 5.74) is 2.84. The van der Waals surface area contributed by atoms with Crippen molar-refractivity contribution < 1.29 is 13.9 Å². The van der Waals surface area contributed by atoms with E-state index in [0.717, 1.165) is 33.3 Å². The zero-order chi connectivity index (χ0) is 22.9. The highest BCUT2D eigenvalue weighted by Gasteiger charge is 2.08. The first kappa shape index (κ1) is 25.7. The smallest absolute Gasteiger partial charge is 0.227 e. The first-order chi connectivity index (χ1) is 15.5. The molecule has 0 saturated heterocycles. The third-order valence-corrected chi connectivity index (χ3v) is 5.74. The molecule has 0 aliphatic heterocycles. The molecule has 4 rings (SSSR count). The van der Waals surface area contributed by atoms with Crippen LogP contribution in [0.15, 0.2) is 72.9 Å². The second kappa shape index (κ2) is 12.5. The first-order valence-electron chi connectivity index (χ1n) is 10.1. The van der Waals surface area contributed by atoms with Gasteiger partial charge in [0.15, 0.2) is 5.78 Å². The van der Waals surface area contributed by atoms with Crippen LogP contribution in [0.2, 0.25) is 0 Å². The average molecular weight is 466 g/mol. The van der Waals surface area contributed by atoms with E-state index in [1.54, 1.807) is 32.4 Å². The maximum Gasteiger partial charge on any atom is 0.227 e. The van der Waals surface area contributed by atoms with Crippen molar-refractivity contribution in [2.75, 3.05) is 12.4 Å². The molecule has 0 aliphatic rings. The van der Waals surface area contributed by atoms with Gasteiger partial charge in [-0.1, -0.05) is 26.5 Å². The molecule has 0 unspecified atom stereocenters. The molecule has 0 aliphatic carbocycles. The Labute approximate surface area is 198 Å². The van der Waals surface area contributed by atoms with E-state index in [4.69, 9.17) is 4.74 Å². The number of methoxy groups -OCH3 is 1. The Hall–Kier alpha value is -3.58. The van der Waals surface area contributed by atoms with Crippen LogP contribution < -0.4 is 10.1 Å². The molecule has 0 amide bonds. The van der Waals surface area contributed by atoms with E-state index < -0.39 is 0 Å². The average Bonchev–Trinajstić information content (AvgIpc) is 3.32. The van der Waals surface area contributed by atoms with Gasteiger partial charge in [0.1, 0.15) is 11.6 Å².